The van der Waals surface area contributed by atoms with E-state index >= 15 is 0 Å². The van der Waals surface area contributed by atoms with Crippen molar-refractivity contribution < 1.29 is 14.1 Å². The van der Waals surface area contributed by atoms with E-state index in [1.165, 1.54) is 18.2 Å². The lowest BCUT2D eigenvalue weighted by Gasteiger charge is -2.11. The maximum atomic E-state index is 11.7. The zero-order chi connectivity index (χ0) is 15.6. The van der Waals surface area contributed by atoms with E-state index in [1.54, 1.807) is 0 Å². The van der Waals surface area contributed by atoms with Gasteiger partial charge in [-0.2, -0.15) is 0 Å². The first-order chi connectivity index (χ1) is 9.88. The maximum Gasteiger partial charge on any atom is 0.433 e. The number of halogens is 3. The highest BCUT2D eigenvalue weighted by molar-refractivity contribution is 6.41. The highest BCUT2D eigenvalue weighted by Gasteiger charge is 2.17. The number of hydrazine groups is 1. The number of amides is 1. The van der Waals surface area contributed by atoms with Crippen LogP contribution in [0.5, 0.6) is 0 Å². The average molecular weight is 351 g/mol. The van der Waals surface area contributed by atoms with Gasteiger partial charge in [0.05, 0.1) is 21.8 Å². The Hall–Kier alpha value is -1.96. The van der Waals surface area contributed by atoms with Crippen LogP contribution >= 0.6 is 34.8 Å². The predicted molar refractivity (Wildman–Crippen MR) is 77.9 cm³/mol. The van der Waals surface area contributed by atoms with Crippen molar-refractivity contribution in [1.29, 1.82) is 0 Å². The molecule has 2 aromatic rings. The van der Waals surface area contributed by atoms with Gasteiger partial charge in [0, 0.05) is 5.02 Å². The molecule has 21 heavy (non-hydrogen) atoms. The van der Waals surface area contributed by atoms with Crippen LogP contribution < -0.4 is 10.9 Å². The zero-order valence-corrected chi connectivity index (χ0v) is 12.3. The lowest BCUT2D eigenvalue weighted by Crippen LogP contribution is -2.29. The second-order valence-electron chi connectivity index (χ2n) is 3.72. The Balaban J connectivity index is 2.09. The molecule has 1 amide bonds. The summed E-state index contributed by atoms with van der Waals surface area (Å²) in [7, 11) is 0. The molecule has 110 valence electrons. The molecule has 2 N–H and O–H groups in total. The van der Waals surface area contributed by atoms with Gasteiger partial charge in [0.1, 0.15) is 4.92 Å². The number of nitro groups is 1. The van der Waals surface area contributed by atoms with E-state index in [1.807, 2.05) is 0 Å². The summed E-state index contributed by atoms with van der Waals surface area (Å²) < 4.78 is 4.74. The molecule has 0 radical (unpaired) electrons. The molecule has 7 nitrogen and oxygen atoms in total. The number of furan rings is 1. The molecule has 1 aromatic carbocycles. The molecule has 0 atom stereocenters. The number of rotatable bonds is 4. The molecule has 2 rings (SSSR count). The van der Waals surface area contributed by atoms with Crippen molar-refractivity contribution in [2.24, 2.45) is 0 Å². The minimum Gasteiger partial charge on any atom is -0.395 e. The van der Waals surface area contributed by atoms with Gasteiger partial charge < -0.3 is 4.42 Å². The van der Waals surface area contributed by atoms with Crippen molar-refractivity contribution in [1.82, 2.24) is 5.43 Å². The minimum atomic E-state index is -0.753. The monoisotopic (exact) mass is 349 g/mol. The van der Waals surface area contributed by atoms with Crippen LogP contribution in [0.2, 0.25) is 15.1 Å². The van der Waals surface area contributed by atoms with Crippen LogP contribution in [0.25, 0.3) is 0 Å². The van der Waals surface area contributed by atoms with Crippen LogP contribution in [0, 0.1) is 10.1 Å². The summed E-state index contributed by atoms with van der Waals surface area (Å²) in [6.07, 6.45) is 0. The molecule has 0 saturated carbocycles. The van der Waals surface area contributed by atoms with E-state index in [2.05, 4.69) is 10.9 Å². The van der Waals surface area contributed by atoms with E-state index in [-0.39, 0.29) is 21.5 Å². The molecule has 0 fully saturated rings. The first kappa shape index (κ1) is 15.4. The number of hydrogen-bond acceptors (Lipinski definition) is 5. The molecule has 1 heterocycles. The van der Waals surface area contributed by atoms with Crippen LogP contribution in [0.3, 0.4) is 0 Å². The lowest BCUT2D eigenvalue weighted by atomic mass is 10.3. The third-order valence-electron chi connectivity index (χ3n) is 2.30. The van der Waals surface area contributed by atoms with Crippen LogP contribution in [-0.4, -0.2) is 10.8 Å². The van der Waals surface area contributed by atoms with E-state index in [9.17, 15) is 14.9 Å². The first-order valence-electron chi connectivity index (χ1n) is 5.33. The standard InChI is InChI=1S/C11H6Cl3N3O4/c12-5-3-6(13)10(7(14)4-5)15-16-11(18)8-1-2-9(21-8)17(19)20/h1-4,15H,(H,16,18). The molecular weight excluding hydrogens is 344 g/mol. The molecule has 0 aliphatic rings. The summed E-state index contributed by atoms with van der Waals surface area (Å²) in [6.45, 7) is 0. The lowest BCUT2D eigenvalue weighted by molar-refractivity contribution is -0.402. The van der Waals surface area contributed by atoms with Crippen molar-refractivity contribution in [3.05, 3.63) is 55.2 Å². The topological polar surface area (TPSA) is 97.4 Å². The Morgan fingerprint density at radius 2 is 1.81 bits per heavy atom. The highest BCUT2D eigenvalue weighted by atomic mass is 35.5. The minimum absolute atomic E-state index is 0.193. The normalized spacial score (nSPS) is 10.2. The molecule has 0 saturated heterocycles. The summed E-state index contributed by atoms with van der Waals surface area (Å²) in [4.78, 5) is 21.4. The van der Waals surface area contributed by atoms with Crippen molar-refractivity contribution in [2.75, 3.05) is 5.43 Å². The van der Waals surface area contributed by atoms with Gasteiger partial charge in [-0.05, 0) is 18.2 Å². The third-order valence-corrected chi connectivity index (χ3v) is 3.12. The Morgan fingerprint density at radius 1 is 1.19 bits per heavy atom. The fraction of sp³-hybridized carbons (Fsp3) is 0. The van der Waals surface area contributed by atoms with Crippen LogP contribution in [-0.2, 0) is 0 Å². The second kappa shape index (κ2) is 6.21. The summed E-state index contributed by atoms with van der Waals surface area (Å²) in [6, 6.07) is 5.10. The molecule has 0 bridgehead atoms. The van der Waals surface area contributed by atoms with Gasteiger partial charge in [0.2, 0.25) is 5.76 Å². The number of carbonyl (C=O) groups excluding carboxylic acids is 1. The van der Waals surface area contributed by atoms with Gasteiger partial charge in [-0.25, -0.2) is 0 Å². The van der Waals surface area contributed by atoms with Crippen molar-refractivity contribution >= 4 is 52.3 Å². The Labute approximate surface area is 132 Å². The molecule has 1 aromatic heterocycles. The summed E-state index contributed by atoms with van der Waals surface area (Å²) in [5, 5.41) is 11.2. The predicted octanol–water partition coefficient (Wildman–Crippen LogP) is 3.90. The van der Waals surface area contributed by atoms with Gasteiger partial charge >= 0.3 is 11.8 Å². The molecule has 10 heteroatoms. The highest BCUT2D eigenvalue weighted by Crippen LogP contribution is 2.33. The third kappa shape index (κ3) is 3.57. The Bertz CT molecular complexity index is 693. The van der Waals surface area contributed by atoms with Gasteiger partial charge in [0.25, 0.3) is 0 Å². The van der Waals surface area contributed by atoms with Crippen molar-refractivity contribution in [3.63, 3.8) is 0 Å². The number of carbonyl (C=O) groups is 1. The van der Waals surface area contributed by atoms with Gasteiger partial charge in [0.15, 0.2) is 0 Å². The van der Waals surface area contributed by atoms with Crippen molar-refractivity contribution in [2.45, 2.75) is 0 Å². The van der Waals surface area contributed by atoms with Crippen LogP contribution in [0.15, 0.2) is 28.7 Å². The number of anilines is 1. The van der Waals surface area contributed by atoms with Crippen LogP contribution in [0.1, 0.15) is 10.6 Å². The number of benzene rings is 1. The molecular formula is C11H6Cl3N3O4. The van der Waals surface area contributed by atoms with Gasteiger partial charge in [-0.15, -0.1) is 0 Å². The van der Waals surface area contributed by atoms with E-state index in [0.717, 1.165) is 6.07 Å². The van der Waals surface area contributed by atoms with Gasteiger partial charge in [-0.3, -0.25) is 25.8 Å². The zero-order valence-electron chi connectivity index (χ0n) is 10.0. The SMILES string of the molecule is O=C(NNc1c(Cl)cc(Cl)cc1Cl)c1ccc([N+](=O)[O-])o1. The number of hydrogen-bond donors (Lipinski definition) is 2. The Morgan fingerprint density at radius 3 is 2.33 bits per heavy atom. The summed E-state index contributed by atoms with van der Waals surface area (Å²) >= 11 is 17.6. The quantitative estimate of drug-likeness (QED) is 0.643. The van der Waals surface area contributed by atoms with Crippen LogP contribution in [0.4, 0.5) is 11.6 Å². The summed E-state index contributed by atoms with van der Waals surface area (Å²) in [5.41, 5.74) is 4.98. The van der Waals surface area contributed by atoms with E-state index in [0.29, 0.717) is 5.02 Å². The first-order valence-corrected chi connectivity index (χ1v) is 6.47. The van der Waals surface area contributed by atoms with Crippen molar-refractivity contribution in [3.8, 4) is 0 Å². The maximum absolute atomic E-state index is 11.7. The average Bonchev–Trinajstić information content (AvgIpc) is 2.86. The summed E-state index contributed by atoms with van der Waals surface area (Å²) in [5.74, 6) is -1.51. The Kier molecular flexibility index (Phi) is 4.56. The molecule has 0 aliphatic heterocycles. The molecule has 0 aliphatic carbocycles. The fourth-order valence-corrected chi connectivity index (χ4v) is 2.30. The second-order valence-corrected chi connectivity index (χ2v) is 4.97. The molecule has 0 unspecified atom stereocenters. The number of nitrogens with zero attached hydrogens (tertiary/aromatic N) is 1. The van der Waals surface area contributed by atoms with E-state index < -0.39 is 16.7 Å². The van der Waals surface area contributed by atoms with Gasteiger partial charge in [-0.1, -0.05) is 34.8 Å². The number of nitrogens with one attached hydrogen (secondary N) is 2. The largest absolute Gasteiger partial charge is 0.433 e. The molecule has 0 spiro atoms. The fourth-order valence-electron chi connectivity index (χ4n) is 1.39. The van der Waals surface area contributed by atoms with E-state index in [4.69, 9.17) is 39.2 Å². The smallest absolute Gasteiger partial charge is 0.395 e.